The maximum absolute atomic E-state index is 12.9. The molecule has 1 N–H and O–H groups in total. The van der Waals surface area contributed by atoms with Crippen LogP contribution in [0.15, 0.2) is 18.2 Å². The molecule has 3 nitrogen and oxygen atoms in total. The van der Waals surface area contributed by atoms with E-state index in [1.165, 1.54) is 0 Å². The zero-order chi connectivity index (χ0) is 15.1. The van der Waals surface area contributed by atoms with Crippen LogP contribution in [-0.2, 0) is 0 Å². The van der Waals surface area contributed by atoms with E-state index in [9.17, 15) is 27.5 Å². The summed E-state index contributed by atoms with van der Waals surface area (Å²) in [4.78, 5) is 12.9. The molecule has 1 saturated heterocycles. The topological polar surface area (TPSA) is 40.5 Å². The van der Waals surface area contributed by atoms with E-state index < -0.39 is 36.5 Å². The molecule has 1 aromatic carbocycles. The van der Waals surface area contributed by atoms with Gasteiger partial charge in [-0.25, -0.2) is 4.39 Å². The molecule has 1 heterocycles. The van der Waals surface area contributed by atoms with Crippen LogP contribution in [0, 0.1) is 5.82 Å². The van der Waals surface area contributed by atoms with Gasteiger partial charge in [0.05, 0.1) is 17.1 Å². The summed E-state index contributed by atoms with van der Waals surface area (Å²) in [6.07, 6.45) is -5.41. The summed E-state index contributed by atoms with van der Waals surface area (Å²) < 4.78 is 50.8. The second kappa shape index (κ2) is 4.89. The highest BCUT2D eigenvalue weighted by atomic mass is 35.5. The maximum atomic E-state index is 12.9. The lowest BCUT2D eigenvalue weighted by Crippen LogP contribution is -2.48. The fourth-order valence-electron chi connectivity index (χ4n) is 2.03. The number of carbonyl (C=O) groups excluding carboxylic acids is 1. The van der Waals surface area contributed by atoms with Crippen LogP contribution in [0.1, 0.15) is 16.8 Å². The van der Waals surface area contributed by atoms with Gasteiger partial charge in [-0.05, 0) is 18.2 Å². The predicted octanol–water partition coefficient (Wildman–Crippen LogP) is 2.62. The van der Waals surface area contributed by atoms with Crippen LogP contribution in [0.4, 0.5) is 17.6 Å². The Hall–Kier alpha value is -1.34. The van der Waals surface area contributed by atoms with Crippen molar-refractivity contribution in [2.45, 2.75) is 18.2 Å². The lowest BCUT2D eigenvalue weighted by molar-refractivity contribution is -0.253. The Balaban J connectivity index is 2.20. The molecule has 20 heavy (non-hydrogen) atoms. The zero-order valence-electron chi connectivity index (χ0n) is 10.0. The highest BCUT2D eigenvalue weighted by molar-refractivity contribution is 6.33. The van der Waals surface area contributed by atoms with Crippen LogP contribution >= 0.6 is 11.6 Å². The van der Waals surface area contributed by atoms with Crippen LogP contribution < -0.4 is 0 Å². The number of benzene rings is 1. The number of carbonyl (C=O) groups is 1. The smallest absolute Gasteiger partial charge is 0.379 e. The molecule has 8 heteroatoms. The van der Waals surface area contributed by atoms with Crippen LogP contribution in [0.25, 0.3) is 0 Å². The van der Waals surface area contributed by atoms with Crippen molar-refractivity contribution in [1.29, 1.82) is 0 Å². The number of halogens is 5. The normalized spacial score (nSPS) is 23.2. The van der Waals surface area contributed by atoms with Gasteiger partial charge >= 0.3 is 6.18 Å². The van der Waals surface area contributed by atoms with Crippen molar-refractivity contribution >= 4 is 17.5 Å². The van der Waals surface area contributed by atoms with Crippen molar-refractivity contribution in [3.8, 4) is 0 Å². The Morgan fingerprint density at radius 1 is 1.40 bits per heavy atom. The van der Waals surface area contributed by atoms with E-state index in [0.717, 1.165) is 23.1 Å². The number of likely N-dealkylation sites (tertiary alicyclic amines) is 1. The Morgan fingerprint density at radius 3 is 2.55 bits per heavy atom. The second-order valence-corrected chi connectivity index (χ2v) is 5.04. The molecule has 1 fully saturated rings. The molecule has 1 aromatic rings. The van der Waals surface area contributed by atoms with Crippen molar-refractivity contribution < 1.29 is 27.5 Å². The standard InChI is InChI=1S/C12H10ClF4NO2/c13-9-5-7(14)1-2-8(9)10(19)18-4-3-11(20,6-18)12(15,16)17/h1-2,5,20H,3-4,6H2. The van der Waals surface area contributed by atoms with Gasteiger partial charge in [0.15, 0.2) is 5.60 Å². The van der Waals surface area contributed by atoms with Crippen LogP contribution in [0.3, 0.4) is 0 Å². The van der Waals surface area contributed by atoms with Crippen molar-refractivity contribution in [2.75, 3.05) is 13.1 Å². The number of aliphatic hydroxyl groups is 1. The molecule has 0 bridgehead atoms. The van der Waals surface area contributed by atoms with E-state index in [4.69, 9.17) is 11.6 Å². The summed E-state index contributed by atoms with van der Waals surface area (Å²) in [7, 11) is 0. The maximum Gasteiger partial charge on any atom is 0.419 e. The summed E-state index contributed by atoms with van der Waals surface area (Å²) in [5, 5.41) is 9.31. The zero-order valence-corrected chi connectivity index (χ0v) is 10.8. The third-order valence-corrected chi connectivity index (χ3v) is 3.54. The predicted molar refractivity (Wildman–Crippen MR) is 62.9 cm³/mol. The first-order valence-electron chi connectivity index (χ1n) is 5.67. The molecule has 0 radical (unpaired) electrons. The quantitative estimate of drug-likeness (QED) is 0.810. The molecule has 1 aliphatic rings. The average molecular weight is 312 g/mol. The average Bonchev–Trinajstić information content (AvgIpc) is 2.72. The Bertz CT molecular complexity index is 549. The third-order valence-electron chi connectivity index (χ3n) is 3.22. The monoisotopic (exact) mass is 311 g/mol. The van der Waals surface area contributed by atoms with Crippen LogP contribution in [0.5, 0.6) is 0 Å². The molecule has 0 aromatic heterocycles. The van der Waals surface area contributed by atoms with Crippen LogP contribution in [-0.4, -0.2) is 40.8 Å². The minimum absolute atomic E-state index is 0.0977. The summed E-state index contributed by atoms with van der Waals surface area (Å²) in [5.74, 6) is -1.42. The van der Waals surface area contributed by atoms with E-state index in [-0.39, 0.29) is 17.1 Å². The molecule has 1 amide bonds. The third kappa shape index (κ3) is 2.60. The number of amides is 1. The number of hydrogen-bond donors (Lipinski definition) is 1. The first kappa shape index (κ1) is 15.1. The number of alkyl halides is 3. The van der Waals surface area contributed by atoms with Gasteiger partial charge in [-0.3, -0.25) is 4.79 Å². The molecule has 0 aliphatic carbocycles. The van der Waals surface area contributed by atoms with E-state index in [1.54, 1.807) is 0 Å². The molecular formula is C12H10ClF4NO2. The summed E-state index contributed by atoms with van der Waals surface area (Å²) >= 11 is 5.69. The number of nitrogens with zero attached hydrogens (tertiary/aromatic N) is 1. The number of hydrogen-bond acceptors (Lipinski definition) is 2. The highest BCUT2D eigenvalue weighted by Gasteiger charge is 2.57. The van der Waals surface area contributed by atoms with Crippen molar-refractivity contribution in [3.63, 3.8) is 0 Å². The van der Waals surface area contributed by atoms with Gasteiger partial charge in [0, 0.05) is 13.0 Å². The van der Waals surface area contributed by atoms with Crippen molar-refractivity contribution in [1.82, 2.24) is 4.90 Å². The Labute approximate surface area is 116 Å². The summed E-state index contributed by atoms with van der Waals surface area (Å²) in [5.41, 5.74) is -3.01. The van der Waals surface area contributed by atoms with E-state index in [2.05, 4.69) is 0 Å². The second-order valence-electron chi connectivity index (χ2n) is 4.63. The van der Waals surface area contributed by atoms with Gasteiger partial charge < -0.3 is 10.0 Å². The lowest BCUT2D eigenvalue weighted by Gasteiger charge is -2.26. The van der Waals surface area contributed by atoms with Crippen molar-refractivity contribution in [2.24, 2.45) is 0 Å². The summed E-state index contributed by atoms with van der Waals surface area (Å²) in [6.45, 7) is -1.11. The van der Waals surface area contributed by atoms with Gasteiger partial charge in [0.1, 0.15) is 5.82 Å². The lowest BCUT2D eigenvalue weighted by atomic mass is 10.0. The van der Waals surface area contributed by atoms with Crippen molar-refractivity contribution in [3.05, 3.63) is 34.6 Å². The molecule has 110 valence electrons. The fourth-order valence-corrected chi connectivity index (χ4v) is 2.28. The van der Waals surface area contributed by atoms with Gasteiger partial charge in [-0.15, -0.1) is 0 Å². The minimum Gasteiger partial charge on any atom is -0.379 e. The molecule has 2 rings (SSSR count). The molecule has 1 unspecified atom stereocenters. The molecule has 1 atom stereocenters. The fraction of sp³-hybridized carbons (Fsp3) is 0.417. The van der Waals surface area contributed by atoms with Gasteiger partial charge in [0.2, 0.25) is 0 Å². The Kier molecular flexibility index (Phi) is 3.68. The molecular weight excluding hydrogens is 302 g/mol. The van der Waals surface area contributed by atoms with Gasteiger partial charge in [-0.1, -0.05) is 11.6 Å². The number of β-amino-alcohol motifs (C(OH)–C–C–N with tert-alkyl or cyclic N) is 1. The SMILES string of the molecule is O=C(c1ccc(F)cc1Cl)N1CCC(O)(C(F)(F)F)C1. The van der Waals surface area contributed by atoms with Gasteiger partial charge in [-0.2, -0.15) is 13.2 Å². The van der Waals surface area contributed by atoms with E-state index in [0.29, 0.717) is 0 Å². The summed E-state index contributed by atoms with van der Waals surface area (Å²) in [6, 6.07) is 3.00. The largest absolute Gasteiger partial charge is 0.419 e. The number of rotatable bonds is 1. The first-order valence-corrected chi connectivity index (χ1v) is 6.05. The highest BCUT2D eigenvalue weighted by Crippen LogP contribution is 2.38. The Morgan fingerprint density at radius 2 is 2.05 bits per heavy atom. The van der Waals surface area contributed by atoms with E-state index in [1.807, 2.05) is 0 Å². The van der Waals surface area contributed by atoms with Crippen LogP contribution in [0.2, 0.25) is 5.02 Å². The first-order chi connectivity index (χ1) is 9.14. The minimum atomic E-state index is -4.81. The van der Waals surface area contributed by atoms with E-state index >= 15 is 0 Å². The molecule has 0 spiro atoms. The molecule has 0 saturated carbocycles. The van der Waals surface area contributed by atoms with Gasteiger partial charge in [0.25, 0.3) is 5.91 Å². The molecule has 1 aliphatic heterocycles.